The van der Waals surface area contributed by atoms with E-state index >= 15 is 0 Å². The molecule has 2 rings (SSSR count). The van der Waals surface area contributed by atoms with E-state index in [0.29, 0.717) is 6.04 Å². The number of rotatable bonds is 5. The van der Waals surface area contributed by atoms with Crippen LogP contribution in [0.1, 0.15) is 37.5 Å². The van der Waals surface area contributed by atoms with Crippen molar-refractivity contribution in [1.82, 2.24) is 4.90 Å². The highest BCUT2D eigenvalue weighted by molar-refractivity contribution is 7.16. The fourth-order valence-corrected chi connectivity index (χ4v) is 4.35. The Morgan fingerprint density at radius 1 is 1.37 bits per heavy atom. The quantitative estimate of drug-likeness (QED) is 0.891. The van der Waals surface area contributed by atoms with Crippen molar-refractivity contribution >= 4 is 22.9 Å². The predicted molar refractivity (Wildman–Crippen MR) is 84.8 cm³/mol. The molecular formula is C15H25ClN2S. The molecule has 1 unspecified atom stereocenters. The van der Waals surface area contributed by atoms with Crippen LogP contribution < -0.4 is 5.73 Å². The van der Waals surface area contributed by atoms with Gasteiger partial charge >= 0.3 is 0 Å². The maximum Gasteiger partial charge on any atom is 0.0931 e. The van der Waals surface area contributed by atoms with Crippen molar-refractivity contribution < 1.29 is 0 Å². The molecule has 1 aliphatic carbocycles. The minimum Gasteiger partial charge on any atom is -0.329 e. The number of hydrogen-bond acceptors (Lipinski definition) is 3. The van der Waals surface area contributed by atoms with Crippen molar-refractivity contribution in [2.24, 2.45) is 17.6 Å². The molecule has 1 saturated carbocycles. The van der Waals surface area contributed by atoms with Crippen molar-refractivity contribution in [2.45, 2.75) is 45.2 Å². The van der Waals surface area contributed by atoms with Gasteiger partial charge in [-0.1, -0.05) is 31.4 Å². The van der Waals surface area contributed by atoms with Crippen molar-refractivity contribution in [1.29, 1.82) is 0 Å². The molecule has 0 amide bonds. The topological polar surface area (TPSA) is 29.3 Å². The molecule has 0 bridgehead atoms. The third kappa shape index (κ3) is 4.19. The van der Waals surface area contributed by atoms with E-state index in [9.17, 15) is 0 Å². The Morgan fingerprint density at radius 3 is 2.58 bits per heavy atom. The first-order valence-electron chi connectivity index (χ1n) is 7.24. The van der Waals surface area contributed by atoms with Crippen LogP contribution in [0, 0.1) is 11.8 Å². The number of nitrogens with two attached hydrogens (primary N) is 1. The van der Waals surface area contributed by atoms with Gasteiger partial charge in [0, 0.05) is 24.0 Å². The van der Waals surface area contributed by atoms with Gasteiger partial charge in [0.25, 0.3) is 0 Å². The monoisotopic (exact) mass is 300 g/mol. The van der Waals surface area contributed by atoms with Gasteiger partial charge in [0.1, 0.15) is 0 Å². The molecule has 2 N–H and O–H groups in total. The lowest BCUT2D eigenvalue weighted by Gasteiger charge is -2.37. The third-order valence-corrected chi connectivity index (χ3v) is 5.66. The zero-order valence-electron chi connectivity index (χ0n) is 11.9. The third-order valence-electron chi connectivity index (χ3n) is 4.45. The molecule has 1 atom stereocenters. The molecule has 1 aromatic rings. The first kappa shape index (κ1) is 15.3. The van der Waals surface area contributed by atoms with Crippen molar-refractivity contribution in [3.63, 3.8) is 0 Å². The Balaban J connectivity index is 1.92. The van der Waals surface area contributed by atoms with Gasteiger partial charge in [-0.05, 0) is 43.9 Å². The Hall–Kier alpha value is -0.0900. The molecule has 0 radical (unpaired) electrons. The summed E-state index contributed by atoms with van der Waals surface area (Å²) in [5, 5.41) is 0. The maximum absolute atomic E-state index is 6.03. The van der Waals surface area contributed by atoms with Gasteiger partial charge < -0.3 is 5.73 Å². The van der Waals surface area contributed by atoms with Crippen LogP contribution in [0.25, 0.3) is 0 Å². The van der Waals surface area contributed by atoms with Crippen LogP contribution in [0.2, 0.25) is 4.34 Å². The highest BCUT2D eigenvalue weighted by Gasteiger charge is 2.27. The van der Waals surface area contributed by atoms with Crippen LogP contribution in [-0.2, 0) is 6.54 Å². The Labute approximate surface area is 125 Å². The van der Waals surface area contributed by atoms with Crippen LogP contribution in [0.4, 0.5) is 0 Å². The van der Waals surface area contributed by atoms with E-state index in [2.05, 4.69) is 24.9 Å². The number of hydrogen-bond donors (Lipinski definition) is 1. The normalized spacial score (nSPS) is 25.7. The SMILES string of the molecule is CC1CCC(C(CN)N(C)Cc2ccc(Cl)s2)CC1. The van der Waals surface area contributed by atoms with E-state index in [0.717, 1.165) is 29.3 Å². The minimum atomic E-state index is 0.508. The van der Waals surface area contributed by atoms with Crippen LogP contribution >= 0.6 is 22.9 Å². The maximum atomic E-state index is 6.03. The van der Waals surface area contributed by atoms with Crippen LogP contribution in [0.15, 0.2) is 12.1 Å². The van der Waals surface area contributed by atoms with Gasteiger partial charge in [0.05, 0.1) is 4.34 Å². The highest BCUT2D eigenvalue weighted by Crippen LogP contribution is 2.32. The molecule has 0 aliphatic heterocycles. The number of likely N-dealkylation sites (N-methyl/N-ethyl adjacent to an activating group) is 1. The minimum absolute atomic E-state index is 0.508. The predicted octanol–water partition coefficient (Wildman–Crippen LogP) is 3.99. The molecule has 0 spiro atoms. The Kier molecular flexibility index (Phi) is 5.70. The van der Waals surface area contributed by atoms with E-state index in [1.807, 2.05) is 6.07 Å². The first-order chi connectivity index (χ1) is 9.10. The van der Waals surface area contributed by atoms with Gasteiger partial charge in [-0.3, -0.25) is 4.90 Å². The van der Waals surface area contributed by atoms with Gasteiger partial charge in [-0.25, -0.2) is 0 Å². The van der Waals surface area contributed by atoms with E-state index in [-0.39, 0.29) is 0 Å². The molecule has 1 aliphatic rings. The number of thiophene rings is 1. The molecular weight excluding hydrogens is 276 g/mol. The molecule has 1 fully saturated rings. The summed E-state index contributed by atoms with van der Waals surface area (Å²) in [6.07, 6.45) is 5.39. The summed E-state index contributed by atoms with van der Waals surface area (Å²) in [6, 6.07) is 4.61. The summed E-state index contributed by atoms with van der Waals surface area (Å²) >= 11 is 7.67. The van der Waals surface area contributed by atoms with Crippen LogP contribution in [-0.4, -0.2) is 24.5 Å². The van der Waals surface area contributed by atoms with E-state index in [1.54, 1.807) is 11.3 Å². The molecule has 0 saturated heterocycles. The number of halogens is 1. The zero-order chi connectivity index (χ0) is 13.8. The van der Waals surface area contributed by atoms with E-state index in [4.69, 9.17) is 17.3 Å². The molecule has 0 aromatic carbocycles. The lowest BCUT2D eigenvalue weighted by Crippen LogP contribution is -2.44. The van der Waals surface area contributed by atoms with Gasteiger partial charge in [-0.2, -0.15) is 0 Å². The molecule has 1 heterocycles. The van der Waals surface area contributed by atoms with Crippen LogP contribution in [0.5, 0.6) is 0 Å². The summed E-state index contributed by atoms with van der Waals surface area (Å²) in [7, 11) is 2.20. The number of nitrogens with zero attached hydrogens (tertiary/aromatic N) is 1. The standard InChI is InChI=1S/C15H25ClN2S/c1-11-3-5-12(6-4-11)14(9-17)18(2)10-13-7-8-15(16)19-13/h7-8,11-12,14H,3-6,9-10,17H2,1-2H3. The second-order valence-corrected chi connectivity index (χ2v) is 7.74. The van der Waals surface area contributed by atoms with Crippen molar-refractivity contribution in [3.8, 4) is 0 Å². The largest absolute Gasteiger partial charge is 0.329 e. The fraction of sp³-hybridized carbons (Fsp3) is 0.733. The Bertz CT molecular complexity index is 385. The van der Waals surface area contributed by atoms with Gasteiger partial charge in [-0.15, -0.1) is 11.3 Å². The summed E-state index contributed by atoms with van der Waals surface area (Å²) in [5.41, 5.74) is 6.03. The zero-order valence-corrected chi connectivity index (χ0v) is 13.5. The second-order valence-electron chi connectivity index (χ2n) is 5.94. The Morgan fingerprint density at radius 2 is 2.05 bits per heavy atom. The first-order valence-corrected chi connectivity index (χ1v) is 8.44. The summed E-state index contributed by atoms with van der Waals surface area (Å²) in [4.78, 5) is 3.75. The lowest BCUT2D eigenvalue weighted by atomic mass is 9.79. The summed E-state index contributed by atoms with van der Waals surface area (Å²) < 4.78 is 0.874. The second kappa shape index (κ2) is 7.07. The molecule has 108 valence electrons. The smallest absolute Gasteiger partial charge is 0.0931 e. The molecule has 2 nitrogen and oxygen atoms in total. The molecule has 4 heteroatoms. The van der Waals surface area contributed by atoms with Crippen molar-refractivity contribution in [2.75, 3.05) is 13.6 Å². The average molecular weight is 301 g/mol. The fourth-order valence-electron chi connectivity index (χ4n) is 3.20. The van der Waals surface area contributed by atoms with Crippen LogP contribution in [0.3, 0.4) is 0 Å². The van der Waals surface area contributed by atoms with Crippen molar-refractivity contribution in [3.05, 3.63) is 21.3 Å². The van der Waals surface area contributed by atoms with Gasteiger partial charge in [0.15, 0.2) is 0 Å². The summed E-state index contributed by atoms with van der Waals surface area (Å²) in [5.74, 6) is 1.66. The van der Waals surface area contributed by atoms with E-state index in [1.165, 1.54) is 30.6 Å². The molecule has 1 aromatic heterocycles. The van der Waals surface area contributed by atoms with Gasteiger partial charge in [0.2, 0.25) is 0 Å². The lowest BCUT2D eigenvalue weighted by molar-refractivity contribution is 0.131. The molecule has 19 heavy (non-hydrogen) atoms. The average Bonchev–Trinajstić information content (AvgIpc) is 2.78. The highest BCUT2D eigenvalue weighted by atomic mass is 35.5. The van der Waals surface area contributed by atoms with E-state index < -0.39 is 0 Å². The summed E-state index contributed by atoms with van der Waals surface area (Å²) in [6.45, 7) is 4.09.